The zero-order valence-electron chi connectivity index (χ0n) is 16.7. The molecular weight excluding hydrogens is 400 g/mol. The van der Waals surface area contributed by atoms with Gasteiger partial charge in [-0.15, -0.1) is 0 Å². The SMILES string of the molecule is COc1ccc(-c2noc(Cn3cnc(C(CC(=O)O)c4ccc(N)nc4)c3)n2)cc1. The Morgan fingerprint density at radius 1 is 1.23 bits per heavy atom. The first-order valence-electron chi connectivity index (χ1n) is 9.43. The van der Waals surface area contributed by atoms with Gasteiger partial charge in [0, 0.05) is 23.9 Å². The van der Waals surface area contributed by atoms with Crippen molar-refractivity contribution < 1.29 is 19.2 Å². The molecule has 0 aliphatic heterocycles. The van der Waals surface area contributed by atoms with Crippen LogP contribution in [0.1, 0.15) is 29.5 Å². The third kappa shape index (κ3) is 4.69. The van der Waals surface area contributed by atoms with Gasteiger partial charge in [0.15, 0.2) is 0 Å². The second-order valence-corrected chi connectivity index (χ2v) is 6.88. The standard InChI is InChI=1S/C21H20N6O4/c1-30-15-5-2-13(3-6-15)21-25-19(31-26-21)11-27-10-17(24-12-27)16(8-20(28)29)14-4-7-18(22)23-9-14/h2-7,9-10,12,16H,8,11H2,1H3,(H2,22,23)(H,28,29). The first-order chi connectivity index (χ1) is 15.0. The summed E-state index contributed by atoms with van der Waals surface area (Å²) in [6, 6.07) is 10.7. The Balaban J connectivity index is 1.52. The molecule has 3 N–H and O–H groups in total. The lowest BCUT2D eigenvalue weighted by Gasteiger charge is -2.12. The molecular formula is C21H20N6O4. The lowest BCUT2D eigenvalue weighted by Crippen LogP contribution is -2.09. The van der Waals surface area contributed by atoms with E-state index in [-0.39, 0.29) is 6.42 Å². The van der Waals surface area contributed by atoms with E-state index in [0.717, 1.165) is 16.9 Å². The van der Waals surface area contributed by atoms with Crippen LogP contribution >= 0.6 is 0 Å². The molecule has 0 fully saturated rings. The summed E-state index contributed by atoms with van der Waals surface area (Å²) in [7, 11) is 1.60. The second-order valence-electron chi connectivity index (χ2n) is 6.88. The number of aromatic nitrogens is 5. The fraction of sp³-hybridized carbons (Fsp3) is 0.190. The van der Waals surface area contributed by atoms with Gasteiger partial charge in [-0.3, -0.25) is 4.79 Å². The molecule has 4 rings (SSSR count). The molecule has 10 nitrogen and oxygen atoms in total. The highest BCUT2D eigenvalue weighted by Gasteiger charge is 2.21. The molecule has 31 heavy (non-hydrogen) atoms. The number of nitrogens with zero attached hydrogens (tertiary/aromatic N) is 5. The van der Waals surface area contributed by atoms with Gasteiger partial charge in [-0.2, -0.15) is 4.98 Å². The smallest absolute Gasteiger partial charge is 0.304 e. The molecule has 0 radical (unpaired) electrons. The zero-order valence-corrected chi connectivity index (χ0v) is 16.7. The number of rotatable bonds is 8. The van der Waals surface area contributed by atoms with E-state index in [1.54, 1.807) is 42.5 Å². The molecule has 0 saturated carbocycles. The van der Waals surface area contributed by atoms with E-state index in [0.29, 0.717) is 29.8 Å². The molecule has 1 atom stereocenters. The average Bonchev–Trinajstić information content (AvgIpc) is 3.43. The normalized spacial score (nSPS) is 11.9. The number of nitrogen functional groups attached to an aromatic ring is 1. The number of methoxy groups -OCH3 is 1. The van der Waals surface area contributed by atoms with Crippen LogP contribution in [0.3, 0.4) is 0 Å². The van der Waals surface area contributed by atoms with Crippen LogP contribution in [0.25, 0.3) is 11.4 Å². The number of hydrogen-bond acceptors (Lipinski definition) is 8. The number of pyridine rings is 1. The van der Waals surface area contributed by atoms with E-state index in [2.05, 4.69) is 20.1 Å². The Morgan fingerprint density at radius 2 is 2.03 bits per heavy atom. The van der Waals surface area contributed by atoms with Crippen LogP contribution in [-0.4, -0.2) is 42.9 Å². The fourth-order valence-corrected chi connectivity index (χ4v) is 3.17. The van der Waals surface area contributed by atoms with Crippen molar-refractivity contribution in [3.63, 3.8) is 0 Å². The van der Waals surface area contributed by atoms with E-state index in [1.165, 1.54) is 0 Å². The highest BCUT2D eigenvalue weighted by molar-refractivity contribution is 5.68. The van der Waals surface area contributed by atoms with Gasteiger partial charge in [0.2, 0.25) is 11.7 Å². The van der Waals surface area contributed by atoms with E-state index < -0.39 is 11.9 Å². The maximum atomic E-state index is 11.4. The minimum absolute atomic E-state index is 0.120. The van der Waals surface area contributed by atoms with Crippen molar-refractivity contribution in [2.24, 2.45) is 0 Å². The number of hydrogen-bond donors (Lipinski definition) is 2. The molecule has 0 saturated heterocycles. The predicted octanol–water partition coefficient (Wildman–Crippen LogP) is 2.57. The maximum Gasteiger partial charge on any atom is 0.304 e. The number of carbonyl (C=O) groups is 1. The first kappa shape index (κ1) is 20.1. The summed E-state index contributed by atoms with van der Waals surface area (Å²) in [6.07, 6.45) is 4.82. The van der Waals surface area contributed by atoms with Crippen LogP contribution in [0.15, 0.2) is 59.6 Å². The Labute approximate surface area is 177 Å². The van der Waals surface area contributed by atoms with E-state index in [4.69, 9.17) is 15.0 Å². The Hall–Kier alpha value is -4.21. The van der Waals surface area contributed by atoms with Gasteiger partial charge in [0.1, 0.15) is 18.1 Å². The number of benzene rings is 1. The number of ether oxygens (including phenoxy) is 1. The van der Waals surface area contributed by atoms with Gasteiger partial charge < -0.3 is 24.7 Å². The van der Waals surface area contributed by atoms with Gasteiger partial charge in [-0.05, 0) is 35.9 Å². The molecule has 3 heterocycles. The van der Waals surface area contributed by atoms with Crippen molar-refractivity contribution in [2.75, 3.05) is 12.8 Å². The minimum Gasteiger partial charge on any atom is -0.497 e. The van der Waals surface area contributed by atoms with Crippen LogP contribution in [0.5, 0.6) is 5.75 Å². The Bertz CT molecular complexity index is 1170. The van der Waals surface area contributed by atoms with E-state index in [1.807, 2.05) is 24.3 Å². The van der Waals surface area contributed by atoms with Crippen LogP contribution < -0.4 is 10.5 Å². The lowest BCUT2D eigenvalue weighted by atomic mass is 9.94. The van der Waals surface area contributed by atoms with Crippen LogP contribution in [0, 0.1) is 0 Å². The van der Waals surface area contributed by atoms with Gasteiger partial charge >= 0.3 is 5.97 Å². The van der Waals surface area contributed by atoms with Crippen molar-refractivity contribution in [3.8, 4) is 17.1 Å². The van der Waals surface area contributed by atoms with E-state index >= 15 is 0 Å². The fourth-order valence-electron chi connectivity index (χ4n) is 3.17. The van der Waals surface area contributed by atoms with Gasteiger partial charge in [0.05, 0.1) is 25.6 Å². The number of aliphatic carboxylic acids is 1. The van der Waals surface area contributed by atoms with Crippen molar-refractivity contribution in [3.05, 3.63) is 72.3 Å². The molecule has 0 amide bonds. The first-order valence-corrected chi connectivity index (χ1v) is 9.43. The third-order valence-electron chi connectivity index (χ3n) is 4.73. The minimum atomic E-state index is -0.933. The molecule has 1 aromatic carbocycles. The largest absolute Gasteiger partial charge is 0.497 e. The van der Waals surface area contributed by atoms with Crippen molar-refractivity contribution >= 4 is 11.8 Å². The molecule has 0 aliphatic carbocycles. The predicted molar refractivity (Wildman–Crippen MR) is 110 cm³/mol. The number of nitrogens with two attached hydrogens (primary N) is 1. The lowest BCUT2D eigenvalue weighted by molar-refractivity contribution is -0.137. The number of anilines is 1. The van der Waals surface area contributed by atoms with Crippen molar-refractivity contribution in [1.29, 1.82) is 0 Å². The summed E-state index contributed by atoms with van der Waals surface area (Å²) in [5, 5.41) is 13.3. The highest BCUT2D eigenvalue weighted by atomic mass is 16.5. The Kier molecular flexibility index (Phi) is 5.61. The summed E-state index contributed by atoms with van der Waals surface area (Å²) in [5.74, 6) is 0.591. The molecule has 0 aliphatic rings. The summed E-state index contributed by atoms with van der Waals surface area (Å²) in [4.78, 5) is 24.2. The quantitative estimate of drug-likeness (QED) is 0.439. The Morgan fingerprint density at radius 3 is 2.71 bits per heavy atom. The molecule has 0 bridgehead atoms. The zero-order chi connectivity index (χ0) is 21.8. The van der Waals surface area contributed by atoms with Gasteiger partial charge in [0.25, 0.3) is 0 Å². The third-order valence-corrected chi connectivity index (χ3v) is 4.73. The van der Waals surface area contributed by atoms with Crippen molar-refractivity contribution in [2.45, 2.75) is 18.9 Å². The molecule has 0 spiro atoms. The van der Waals surface area contributed by atoms with Crippen LogP contribution in [-0.2, 0) is 11.3 Å². The highest BCUT2D eigenvalue weighted by Crippen LogP contribution is 2.27. The van der Waals surface area contributed by atoms with Crippen LogP contribution in [0.2, 0.25) is 0 Å². The van der Waals surface area contributed by atoms with Gasteiger partial charge in [-0.25, -0.2) is 9.97 Å². The van der Waals surface area contributed by atoms with Crippen molar-refractivity contribution in [1.82, 2.24) is 24.7 Å². The summed E-state index contributed by atoms with van der Waals surface area (Å²) in [6.45, 7) is 0.302. The molecule has 10 heteroatoms. The second kappa shape index (κ2) is 8.66. The topological polar surface area (TPSA) is 142 Å². The van der Waals surface area contributed by atoms with Crippen LogP contribution in [0.4, 0.5) is 5.82 Å². The summed E-state index contributed by atoms with van der Waals surface area (Å²) >= 11 is 0. The monoisotopic (exact) mass is 420 g/mol. The molecule has 158 valence electrons. The number of carboxylic acid groups (broad SMARTS) is 1. The maximum absolute atomic E-state index is 11.4. The summed E-state index contributed by atoms with van der Waals surface area (Å²) < 4.78 is 12.3. The number of imidazole rings is 1. The van der Waals surface area contributed by atoms with Gasteiger partial charge in [-0.1, -0.05) is 11.2 Å². The molecule has 3 aromatic heterocycles. The summed E-state index contributed by atoms with van der Waals surface area (Å²) in [5.41, 5.74) is 7.77. The molecule has 1 unspecified atom stereocenters. The molecule has 4 aromatic rings. The number of carboxylic acids is 1. The average molecular weight is 420 g/mol. The van der Waals surface area contributed by atoms with E-state index in [9.17, 15) is 9.90 Å².